The highest BCUT2D eigenvalue weighted by molar-refractivity contribution is 7.86. The molecular formula is C4H11F3O3SSi. The molecule has 76 valence electrons. The lowest BCUT2D eigenvalue weighted by Crippen LogP contribution is -2.21. The molecule has 0 aromatic rings. The van der Waals surface area contributed by atoms with Crippen LogP contribution < -0.4 is 0 Å². The lowest BCUT2D eigenvalue weighted by atomic mass is 11.6. The monoisotopic (exact) mass is 224 g/mol. The van der Waals surface area contributed by atoms with Crippen LogP contribution in [0.25, 0.3) is 0 Å². The topological polar surface area (TPSA) is 54.4 Å². The molecule has 12 heavy (non-hydrogen) atoms. The van der Waals surface area contributed by atoms with E-state index in [-0.39, 0.29) is 8.80 Å². The normalized spacial score (nSPS) is 12.3. The maximum absolute atomic E-state index is 10.7. The minimum Gasteiger partial charge on any atom is -0.279 e. The standard InChI is InChI=1S/C3H10Si.CHF3O3S/c1-4(2)3;2-1(3,4)8(5,6)7/h4H,1-3H3;(H,5,6,7). The molecule has 0 saturated heterocycles. The summed E-state index contributed by atoms with van der Waals surface area (Å²) in [5.74, 6) is 0. The first kappa shape index (κ1) is 14.4. The zero-order chi connectivity index (χ0) is 10.6. The smallest absolute Gasteiger partial charge is 0.279 e. The van der Waals surface area contributed by atoms with E-state index >= 15 is 0 Å². The van der Waals surface area contributed by atoms with E-state index in [1.54, 1.807) is 0 Å². The molecule has 0 aromatic carbocycles. The molecule has 0 radical (unpaired) electrons. The third-order valence-electron chi connectivity index (χ3n) is 0.292. The van der Waals surface area contributed by atoms with Crippen LogP contribution in [0, 0.1) is 0 Å². The van der Waals surface area contributed by atoms with Gasteiger partial charge >= 0.3 is 15.6 Å². The molecule has 0 saturated carbocycles. The average Bonchev–Trinajstić information content (AvgIpc) is 1.55. The fourth-order valence-corrected chi connectivity index (χ4v) is 0. The van der Waals surface area contributed by atoms with Gasteiger partial charge in [-0.15, -0.1) is 0 Å². The first-order valence-electron chi connectivity index (χ1n) is 3.02. The highest BCUT2D eigenvalue weighted by atomic mass is 32.2. The van der Waals surface area contributed by atoms with E-state index in [0.717, 1.165) is 0 Å². The number of hydrogen-bond acceptors (Lipinski definition) is 2. The van der Waals surface area contributed by atoms with Gasteiger partial charge in [-0.1, -0.05) is 19.6 Å². The van der Waals surface area contributed by atoms with Crippen LogP contribution in [0.5, 0.6) is 0 Å². The first-order chi connectivity index (χ1) is 4.98. The van der Waals surface area contributed by atoms with E-state index in [1.807, 2.05) is 0 Å². The highest BCUT2D eigenvalue weighted by Crippen LogP contribution is 2.20. The Morgan fingerprint density at radius 3 is 1.25 bits per heavy atom. The first-order valence-corrected chi connectivity index (χ1v) is 7.92. The van der Waals surface area contributed by atoms with Crippen molar-refractivity contribution < 1.29 is 26.1 Å². The maximum Gasteiger partial charge on any atom is 0.522 e. The zero-order valence-corrected chi connectivity index (χ0v) is 8.85. The summed E-state index contributed by atoms with van der Waals surface area (Å²) >= 11 is 0. The summed E-state index contributed by atoms with van der Waals surface area (Å²) in [6.45, 7) is 6.92. The van der Waals surface area contributed by atoms with E-state index in [1.165, 1.54) is 0 Å². The second-order valence-electron chi connectivity index (χ2n) is 2.65. The Bertz CT molecular complexity index is 205. The predicted octanol–water partition coefficient (Wildman–Crippen LogP) is 1.50. The van der Waals surface area contributed by atoms with E-state index < -0.39 is 15.6 Å². The van der Waals surface area contributed by atoms with Gasteiger partial charge in [-0.3, -0.25) is 4.55 Å². The molecule has 8 heteroatoms. The molecule has 0 aliphatic rings. The SMILES string of the molecule is C[SiH](C)C.O=S(=O)(O)C(F)(F)F. The molecule has 0 aliphatic carbocycles. The van der Waals surface area contributed by atoms with Crippen molar-refractivity contribution in [2.45, 2.75) is 25.1 Å². The van der Waals surface area contributed by atoms with Gasteiger partial charge in [0.05, 0.1) is 0 Å². The maximum atomic E-state index is 10.7. The molecule has 0 aromatic heterocycles. The van der Waals surface area contributed by atoms with Crippen LogP contribution in [0.15, 0.2) is 0 Å². The molecule has 0 aliphatic heterocycles. The Morgan fingerprint density at radius 2 is 1.25 bits per heavy atom. The van der Waals surface area contributed by atoms with Gasteiger partial charge in [0, 0.05) is 8.80 Å². The largest absolute Gasteiger partial charge is 0.522 e. The van der Waals surface area contributed by atoms with E-state index in [0.29, 0.717) is 0 Å². The van der Waals surface area contributed by atoms with E-state index in [2.05, 4.69) is 19.6 Å². The van der Waals surface area contributed by atoms with Crippen LogP contribution in [0.1, 0.15) is 0 Å². The van der Waals surface area contributed by atoms with Crippen LogP contribution >= 0.6 is 0 Å². The minimum atomic E-state index is -5.84. The van der Waals surface area contributed by atoms with Crippen molar-refractivity contribution in [2.75, 3.05) is 0 Å². The van der Waals surface area contributed by atoms with E-state index in [4.69, 9.17) is 13.0 Å². The number of halogens is 3. The van der Waals surface area contributed by atoms with Crippen LogP contribution in [0.3, 0.4) is 0 Å². The molecule has 0 heterocycles. The van der Waals surface area contributed by atoms with Crippen LogP contribution in [0.4, 0.5) is 13.2 Å². The Balaban J connectivity index is 0. The number of alkyl halides is 3. The van der Waals surface area contributed by atoms with Gasteiger partial charge in [-0.05, 0) is 0 Å². The lowest BCUT2D eigenvalue weighted by Gasteiger charge is -1.97. The van der Waals surface area contributed by atoms with Gasteiger partial charge in [-0.25, -0.2) is 0 Å². The highest BCUT2D eigenvalue weighted by Gasteiger charge is 2.44. The minimum absolute atomic E-state index is 0.139. The Hall–Kier alpha value is -0.0831. The fraction of sp³-hybridized carbons (Fsp3) is 1.00. The summed E-state index contributed by atoms with van der Waals surface area (Å²) in [5, 5.41) is 0. The molecule has 0 unspecified atom stereocenters. The Morgan fingerprint density at radius 1 is 1.17 bits per heavy atom. The van der Waals surface area contributed by atoms with Crippen molar-refractivity contribution in [1.82, 2.24) is 0 Å². The average molecular weight is 224 g/mol. The van der Waals surface area contributed by atoms with E-state index in [9.17, 15) is 13.2 Å². The van der Waals surface area contributed by atoms with Crippen molar-refractivity contribution in [2.24, 2.45) is 0 Å². The molecule has 0 rings (SSSR count). The summed E-state index contributed by atoms with van der Waals surface area (Å²) in [4.78, 5) is 0. The number of rotatable bonds is 0. The van der Waals surface area contributed by atoms with Crippen molar-refractivity contribution in [3.05, 3.63) is 0 Å². The quantitative estimate of drug-likeness (QED) is 0.385. The molecule has 1 N–H and O–H groups in total. The zero-order valence-electron chi connectivity index (χ0n) is 6.88. The van der Waals surface area contributed by atoms with Crippen LogP contribution in [-0.2, 0) is 10.1 Å². The summed E-state index contributed by atoms with van der Waals surface area (Å²) in [5.41, 5.74) is -5.53. The van der Waals surface area contributed by atoms with Gasteiger partial charge in [0.2, 0.25) is 0 Å². The lowest BCUT2D eigenvalue weighted by molar-refractivity contribution is -0.0510. The molecule has 0 fully saturated rings. The van der Waals surface area contributed by atoms with Crippen LogP contribution in [0.2, 0.25) is 19.6 Å². The van der Waals surface area contributed by atoms with Crippen molar-refractivity contribution in [3.63, 3.8) is 0 Å². The number of hydrogen-bond donors (Lipinski definition) is 1. The van der Waals surface area contributed by atoms with Gasteiger partial charge in [0.1, 0.15) is 0 Å². The van der Waals surface area contributed by atoms with Gasteiger partial charge < -0.3 is 0 Å². The third kappa shape index (κ3) is 9.92. The molecule has 0 spiro atoms. The Labute approximate surface area is 70.9 Å². The summed E-state index contributed by atoms with van der Waals surface area (Å²) in [6, 6.07) is 0. The second kappa shape index (κ2) is 4.82. The van der Waals surface area contributed by atoms with Crippen molar-refractivity contribution in [1.29, 1.82) is 0 Å². The predicted molar refractivity (Wildman–Crippen MR) is 42.3 cm³/mol. The second-order valence-corrected chi connectivity index (χ2v) is 7.53. The Kier molecular flexibility index (Phi) is 5.81. The molecule has 0 atom stereocenters. The molecule has 0 amide bonds. The fourth-order valence-electron chi connectivity index (χ4n) is 0. The molecule has 3 nitrogen and oxygen atoms in total. The van der Waals surface area contributed by atoms with Crippen LogP contribution in [-0.4, -0.2) is 27.3 Å². The van der Waals surface area contributed by atoms with Gasteiger partial charge in [0.25, 0.3) is 0 Å². The van der Waals surface area contributed by atoms with Gasteiger partial charge in [-0.2, -0.15) is 21.6 Å². The third-order valence-corrected chi connectivity index (χ3v) is 0.877. The van der Waals surface area contributed by atoms with Gasteiger partial charge in [0.15, 0.2) is 0 Å². The van der Waals surface area contributed by atoms with Crippen molar-refractivity contribution in [3.8, 4) is 0 Å². The summed E-state index contributed by atoms with van der Waals surface area (Å²) in [7, 11) is -5.98. The summed E-state index contributed by atoms with van der Waals surface area (Å²) < 4.78 is 57.5. The summed E-state index contributed by atoms with van der Waals surface area (Å²) in [6.07, 6.45) is 0. The molecular weight excluding hydrogens is 213 g/mol. The molecule has 0 bridgehead atoms. The van der Waals surface area contributed by atoms with Crippen molar-refractivity contribution >= 4 is 18.9 Å².